The van der Waals surface area contributed by atoms with Crippen LogP contribution in [-0.2, 0) is 10.0 Å². The lowest BCUT2D eigenvalue weighted by Gasteiger charge is -2.11. The molecule has 0 aliphatic heterocycles. The zero-order valence-corrected chi connectivity index (χ0v) is 16.5. The van der Waals surface area contributed by atoms with Gasteiger partial charge < -0.3 is 5.32 Å². The third-order valence-corrected chi connectivity index (χ3v) is 5.67. The molecule has 2 N–H and O–H groups in total. The van der Waals surface area contributed by atoms with Crippen molar-refractivity contribution in [1.82, 2.24) is 0 Å². The molecule has 5 nitrogen and oxygen atoms in total. The first-order valence-corrected chi connectivity index (χ1v) is 10.4. The van der Waals surface area contributed by atoms with Crippen molar-refractivity contribution in [3.63, 3.8) is 0 Å². The maximum Gasteiger partial charge on any atom is 0.261 e. The molecule has 0 saturated heterocycles. The largest absolute Gasteiger partial charge is 0.355 e. The van der Waals surface area contributed by atoms with Crippen LogP contribution in [0.1, 0.15) is 30.9 Å². The van der Waals surface area contributed by atoms with E-state index in [1.165, 1.54) is 0 Å². The number of hydrogen-bond acceptors (Lipinski definition) is 4. The lowest BCUT2D eigenvalue weighted by Crippen LogP contribution is -2.13. The summed E-state index contributed by atoms with van der Waals surface area (Å²) in [7, 11) is -3.64. The van der Waals surface area contributed by atoms with E-state index >= 15 is 0 Å². The predicted octanol–water partition coefficient (Wildman–Crippen LogP) is 5.23. The van der Waals surface area contributed by atoms with Crippen molar-refractivity contribution in [2.24, 2.45) is 0 Å². The van der Waals surface area contributed by atoms with Crippen molar-refractivity contribution in [1.29, 1.82) is 5.26 Å². The van der Waals surface area contributed by atoms with E-state index in [0.29, 0.717) is 17.2 Å². The molecule has 0 amide bonds. The van der Waals surface area contributed by atoms with Gasteiger partial charge in [0.1, 0.15) is 0 Å². The lowest BCUT2D eigenvalue weighted by molar-refractivity contribution is 0.601. The normalized spacial score (nSPS) is 11.1. The van der Waals surface area contributed by atoms with E-state index in [1.54, 1.807) is 54.6 Å². The summed E-state index contributed by atoms with van der Waals surface area (Å²) in [6.45, 7) is 4.13. The van der Waals surface area contributed by atoms with Crippen LogP contribution < -0.4 is 10.0 Å². The van der Waals surface area contributed by atoms with Crippen LogP contribution >= 0.6 is 0 Å². The highest BCUT2D eigenvalue weighted by Gasteiger charge is 2.14. The van der Waals surface area contributed by atoms with E-state index in [-0.39, 0.29) is 4.90 Å². The fourth-order valence-electron chi connectivity index (χ4n) is 2.70. The first kappa shape index (κ1) is 19.5. The summed E-state index contributed by atoms with van der Waals surface area (Å²) in [5.41, 5.74) is 3.72. The first-order valence-electron chi connectivity index (χ1n) is 8.87. The van der Waals surface area contributed by atoms with Crippen LogP contribution in [0, 0.1) is 11.3 Å². The number of anilines is 3. The summed E-state index contributed by atoms with van der Waals surface area (Å²) in [6, 6.07) is 23.1. The molecule has 3 aromatic rings. The number of sulfonamides is 1. The molecule has 142 valence electrons. The van der Waals surface area contributed by atoms with E-state index in [2.05, 4.69) is 30.0 Å². The number of rotatable bonds is 6. The Kier molecular flexibility index (Phi) is 5.67. The zero-order valence-electron chi connectivity index (χ0n) is 15.7. The van der Waals surface area contributed by atoms with Crippen molar-refractivity contribution in [3.05, 3.63) is 83.9 Å². The van der Waals surface area contributed by atoms with E-state index < -0.39 is 10.0 Å². The van der Waals surface area contributed by atoms with Crippen molar-refractivity contribution >= 4 is 27.1 Å². The highest BCUT2D eigenvalue weighted by Crippen LogP contribution is 2.23. The second kappa shape index (κ2) is 8.15. The van der Waals surface area contributed by atoms with Gasteiger partial charge in [0.2, 0.25) is 0 Å². The highest BCUT2D eigenvalue weighted by molar-refractivity contribution is 7.92. The molecule has 6 heteroatoms. The fourth-order valence-corrected chi connectivity index (χ4v) is 3.76. The van der Waals surface area contributed by atoms with E-state index in [1.807, 2.05) is 18.2 Å². The van der Waals surface area contributed by atoms with Crippen LogP contribution in [0.2, 0.25) is 0 Å². The van der Waals surface area contributed by atoms with Gasteiger partial charge >= 0.3 is 0 Å². The summed E-state index contributed by atoms with van der Waals surface area (Å²) in [4.78, 5) is 0.229. The monoisotopic (exact) mass is 391 g/mol. The molecule has 0 bridgehead atoms. The van der Waals surface area contributed by atoms with Crippen LogP contribution in [0.3, 0.4) is 0 Å². The van der Waals surface area contributed by atoms with Gasteiger partial charge in [-0.25, -0.2) is 8.42 Å². The molecule has 0 aliphatic rings. The zero-order chi connectivity index (χ0) is 20.1. The van der Waals surface area contributed by atoms with E-state index in [4.69, 9.17) is 5.26 Å². The second-order valence-electron chi connectivity index (χ2n) is 6.72. The Morgan fingerprint density at radius 1 is 0.857 bits per heavy atom. The molecular formula is C22H21N3O2S. The van der Waals surface area contributed by atoms with Gasteiger partial charge in [0.15, 0.2) is 0 Å². The number of nitrogens with zero attached hydrogens (tertiary/aromatic N) is 1. The molecule has 0 aliphatic carbocycles. The molecule has 0 saturated carbocycles. The summed E-state index contributed by atoms with van der Waals surface area (Å²) in [5, 5.41) is 12.2. The minimum Gasteiger partial charge on any atom is -0.355 e. The smallest absolute Gasteiger partial charge is 0.261 e. The van der Waals surface area contributed by atoms with Gasteiger partial charge in [0, 0.05) is 17.1 Å². The molecule has 0 atom stereocenters. The number of nitrogens with one attached hydrogen (secondary N) is 2. The van der Waals surface area contributed by atoms with Crippen molar-refractivity contribution in [2.75, 3.05) is 10.0 Å². The fraction of sp³-hybridized carbons (Fsp3) is 0.136. The Morgan fingerprint density at radius 2 is 1.50 bits per heavy atom. The van der Waals surface area contributed by atoms with Gasteiger partial charge in [-0.15, -0.1) is 0 Å². The average molecular weight is 391 g/mol. The minimum atomic E-state index is -3.64. The van der Waals surface area contributed by atoms with Crippen LogP contribution in [0.4, 0.5) is 17.1 Å². The minimum absolute atomic E-state index is 0.229. The van der Waals surface area contributed by atoms with Gasteiger partial charge in [-0.2, -0.15) is 5.26 Å². The molecule has 0 heterocycles. The molecule has 28 heavy (non-hydrogen) atoms. The van der Waals surface area contributed by atoms with Crippen molar-refractivity contribution in [2.45, 2.75) is 24.7 Å². The summed E-state index contributed by atoms with van der Waals surface area (Å²) in [6.07, 6.45) is 0. The second-order valence-corrected chi connectivity index (χ2v) is 8.41. The summed E-state index contributed by atoms with van der Waals surface area (Å²) >= 11 is 0. The molecule has 0 unspecified atom stereocenters. The first-order chi connectivity index (χ1) is 13.4. The summed E-state index contributed by atoms with van der Waals surface area (Å²) in [5.74, 6) is 0.346. The number of nitriles is 1. The molecule has 3 aromatic carbocycles. The maximum absolute atomic E-state index is 12.6. The van der Waals surface area contributed by atoms with Gasteiger partial charge in [0.25, 0.3) is 10.0 Å². The molecular weight excluding hydrogens is 370 g/mol. The Hall–Kier alpha value is -3.30. The quantitative estimate of drug-likeness (QED) is 0.603. The number of hydrogen-bond donors (Lipinski definition) is 2. The Labute approximate surface area is 165 Å². The van der Waals surface area contributed by atoms with Gasteiger partial charge in [0.05, 0.1) is 16.5 Å². The van der Waals surface area contributed by atoms with E-state index in [9.17, 15) is 8.42 Å². The molecule has 3 rings (SSSR count). The van der Waals surface area contributed by atoms with Crippen LogP contribution in [0.15, 0.2) is 77.7 Å². The standard InChI is InChI=1S/C22H21N3O2S/c1-16(2)18-6-12-22(13-7-18)28(26,27)25-20-10-8-19(9-11-20)24-21-5-3-4-17(14-21)15-23/h3-14,16,24-25H,1-2H3. The van der Waals surface area contributed by atoms with Crippen molar-refractivity contribution < 1.29 is 8.42 Å². The molecule has 0 radical (unpaired) electrons. The predicted molar refractivity (Wildman–Crippen MR) is 112 cm³/mol. The molecule has 0 spiro atoms. The Bertz CT molecular complexity index is 1100. The third kappa shape index (κ3) is 4.70. The van der Waals surface area contributed by atoms with Crippen LogP contribution in [-0.4, -0.2) is 8.42 Å². The average Bonchev–Trinajstić information content (AvgIpc) is 2.69. The van der Waals surface area contributed by atoms with E-state index in [0.717, 1.165) is 16.9 Å². The van der Waals surface area contributed by atoms with Crippen LogP contribution in [0.25, 0.3) is 0 Å². The van der Waals surface area contributed by atoms with Gasteiger partial charge in [-0.1, -0.05) is 32.0 Å². The van der Waals surface area contributed by atoms with Crippen molar-refractivity contribution in [3.8, 4) is 6.07 Å². The molecule has 0 aromatic heterocycles. The van der Waals surface area contributed by atoms with Gasteiger partial charge in [-0.05, 0) is 66.1 Å². The van der Waals surface area contributed by atoms with Gasteiger partial charge in [-0.3, -0.25) is 4.72 Å². The Balaban J connectivity index is 1.71. The topological polar surface area (TPSA) is 82.0 Å². The molecule has 0 fully saturated rings. The Morgan fingerprint density at radius 3 is 2.11 bits per heavy atom. The highest BCUT2D eigenvalue weighted by atomic mass is 32.2. The lowest BCUT2D eigenvalue weighted by atomic mass is 10.0. The SMILES string of the molecule is CC(C)c1ccc(S(=O)(=O)Nc2ccc(Nc3cccc(C#N)c3)cc2)cc1. The maximum atomic E-state index is 12.6. The third-order valence-electron chi connectivity index (χ3n) is 4.27. The number of benzene rings is 3. The summed E-state index contributed by atoms with van der Waals surface area (Å²) < 4.78 is 27.7. The van der Waals surface area contributed by atoms with Crippen LogP contribution in [0.5, 0.6) is 0 Å².